The lowest BCUT2D eigenvalue weighted by Crippen LogP contribution is -2.47. The Kier molecular flexibility index (Phi) is 6.50. The molecule has 0 radical (unpaired) electrons. The zero-order chi connectivity index (χ0) is 20.3. The molecule has 0 bridgehead atoms. The molecule has 1 aromatic carbocycles. The molecule has 6 heteroatoms. The Bertz CT molecular complexity index is 831. The summed E-state index contributed by atoms with van der Waals surface area (Å²) in [6, 6.07) is 8.18. The zero-order valence-electron chi connectivity index (χ0n) is 16.7. The third kappa shape index (κ3) is 4.27. The van der Waals surface area contributed by atoms with E-state index in [1.54, 1.807) is 28.4 Å². The van der Waals surface area contributed by atoms with E-state index in [0.29, 0.717) is 13.1 Å². The largest absolute Gasteiger partial charge is 0.333 e. The van der Waals surface area contributed by atoms with E-state index in [9.17, 15) is 14.0 Å². The topological polar surface area (TPSA) is 40.6 Å². The molecule has 3 rings (SSSR count). The molecule has 150 valence electrons. The molecule has 28 heavy (non-hydrogen) atoms. The summed E-state index contributed by atoms with van der Waals surface area (Å²) in [5.41, 5.74) is 2.00. The van der Waals surface area contributed by atoms with Crippen molar-refractivity contribution in [1.29, 1.82) is 0 Å². The Balaban J connectivity index is 1.89. The van der Waals surface area contributed by atoms with Crippen molar-refractivity contribution in [3.63, 3.8) is 0 Å². The van der Waals surface area contributed by atoms with Crippen LogP contribution in [0.1, 0.15) is 49.2 Å². The molecule has 0 unspecified atom stereocenters. The Morgan fingerprint density at radius 2 is 1.96 bits per heavy atom. The van der Waals surface area contributed by atoms with E-state index >= 15 is 0 Å². The lowest BCUT2D eigenvalue weighted by Gasteiger charge is -2.37. The van der Waals surface area contributed by atoms with E-state index in [0.717, 1.165) is 24.0 Å². The van der Waals surface area contributed by atoms with Gasteiger partial charge in [-0.2, -0.15) is 0 Å². The number of carbonyl (C=O) groups is 2. The normalized spacial score (nSPS) is 16.2. The fourth-order valence-corrected chi connectivity index (χ4v) is 4.65. The molecular formula is C22H27FN2O2S. The number of hydrogen-bond acceptors (Lipinski definition) is 3. The van der Waals surface area contributed by atoms with Crippen molar-refractivity contribution in [2.24, 2.45) is 5.92 Å². The Hall–Kier alpha value is -2.21. The van der Waals surface area contributed by atoms with Gasteiger partial charge < -0.3 is 9.80 Å². The van der Waals surface area contributed by atoms with Crippen molar-refractivity contribution in [3.05, 3.63) is 57.5 Å². The van der Waals surface area contributed by atoms with Crippen LogP contribution in [0.4, 0.5) is 4.39 Å². The second-order valence-electron chi connectivity index (χ2n) is 7.50. The van der Waals surface area contributed by atoms with Gasteiger partial charge in [-0.1, -0.05) is 32.9 Å². The number of halogens is 1. The van der Waals surface area contributed by atoms with Crippen LogP contribution >= 0.6 is 11.3 Å². The van der Waals surface area contributed by atoms with E-state index in [4.69, 9.17) is 0 Å². The summed E-state index contributed by atoms with van der Waals surface area (Å²) >= 11 is 1.69. The predicted octanol–water partition coefficient (Wildman–Crippen LogP) is 4.26. The first-order valence-corrected chi connectivity index (χ1v) is 10.7. The summed E-state index contributed by atoms with van der Waals surface area (Å²) in [6.07, 6.45) is 1.62. The second-order valence-corrected chi connectivity index (χ2v) is 8.51. The van der Waals surface area contributed by atoms with Crippen molar-refractivity contribution < 1.29 is 14.0 Å². The molecule has 0 aliphatic carbocycles. The molecule has 2 aromatic rings. The lowest BCUT2D eigenvalue weighted by molar-refractivity contribution is -0.143. The summed E-state index contributed by atoms with van der Waals surface area (Å²) in [4.78, 5) is 30.5. The number of amides is 2. The molecule has 2 heterocycles. The highest BCUT2D eigenvalue weighted by molar-refractivity contribution is 7.10. The van der Waals surface area contributed by atoms with Crippen LogP contribution in [-0.4, -0.2) is 41.2 Å². The van der Waals surface area contributed by atoms with E-state index in [-0.39, 0.29) is 36.1 Å². The maximum atomic E-state index is 13.4. The van der Waals surface area contributed by atoms with Crippen molar-refractivity contribution in [2.75, 3.05) is 19.6 Å². The van der Waals surface area contributed by atoms with Gasteiger partial charge in [-0.25, -0.2) is 4.39 Å². The molecule has 1 atom stereocenters. The number of nitrogens with zero attached hydrogens (tertiary/aromatic N) is 2. The fourth-order valence-electron chi connectivity index (χ4n) is 3.75. The molecule has 1 aliphatic rings. The van der Waals surface area contributed by atoms with Gasteiger partial charge in [0.25, 0.3) is 0 Å². The number of hydrogen-bond donors (Lipinski definition) is 0. The van der Waals surface area contributed by atoms with Crippen LogP contribution in [0.5, 0.6) is 0 Å². The summed E-state index contributed by atoms with van der Waals surface area (Å²) < 4.78 is 13.4. The smallest absolute Gasteiger partial charge is 0.242 e. The summed E-state index contributed by atoms with van der Waals surface area (Å²) in [5, 5.41) is 2.04. The minimum Gasteiger partial charge on any atom is -0.333 e. The van der Waals surface area contributed by atoms with Crippen molar-refractivity contribution in [1.82, 2.24) is 9.80 Å². The zero-order valence-corrected chi connectivity index (χ0v) is 17.5. The highest BCUT2D eigenvalue weighted by Crippen LogP contribution is 2.37. The number of fused-ring (bicyclic) bond motifs is 1. The number of thiophene rings is 1. The fraction of sp³-hybridized carbons (Fsp3) is 0.455. The molecule has 1 aromatic heterocycles. The highest BCUT2D eigenvalue weighted by atomic mass is 32.1. The SMILES string of the molecule is CCCN(CC(=O)N1CCc2sccc2[C@@H]1c1ccc(F)cc1)C(=O)C(C)C. The van der Waals surface area contributed by atoms with E-state index in [1.807, 2.05) is 31.1 Å². The molecule has 2 amide bonds. The first kappa shape index (κ1) is 20.5. The number of rotatable bonds is 6. The average molecular weight is 403 g/mol. The van der Waals surface area contributed by atoms with Gasteiger partial charge in [-0.15, -0.1) is 11.3 Å². The first-order chi connectivity index (χ1) is 13.4. The molecule has 0 saturated heterocycles. The van der Waals surface area contributed by atoms with Crippen LogP contribution in [-0.2, 0) is 16.0 Å². The molecule has 0 N–H and O–H groups in total. The van der Waals surface area contributed by atoms with Gasteiger partial charge in [-0.05, 0) is 47.5 Å². The molecule has 0 fully saturated rings. The van der Waals surface area contributed by atoms with Gasteiger partial charge in [0.15, 0.2) is 0 Å². The van der Waals surface area contributed by atoms with E-state index in [2.05, 4.69) is 6.07 Å². The van der Waals surface area contributed by atoms with Crippen LogP contribution in [0, 0.1) is 11.7 Å². The Morgan fingerprint density at radius 1 is 1.25 bits per heavy atom. The maximum absolute atomic E-state index is 13.4. The van der Waals surface area contributed by atoms with Gasteiger partial charge >= 0.3 is 0 Å². The number of carbonyl (C=O) groups excluding carboxylic acids is 2. The highest BCUT2D eigenvalue weighted by Gasteiger charge is 2.34. The minimum absolute atomic E-state index is 0.00163. The second kappa shape index (κ2) is 8.86. The minimum atomic E-state index is -0.292. The van der Waals surface area contributed by atoms with Crippen LogP contribution in [0.3, 0.4) is 0 Å². The monoisotopic (exact) mass is 402 g/mol. The lowest BCUT2D eigenvalue weighted by atomic mass is 9.93. The maximum Gasteiger partial charge on any atom is 0.242 e. The van der Waals surface area contributed by atoms with Gasteiger partial charge in [-0.3, -0.25) is 9.59 Å². The average Bonchev–Trinajstić information content (AvgIpc) is 3.15. The van der Waals surface area contributed by atoms with Gasteiger partial charge in [0.2, 0.25) is 11.8 Å². The summed E-state index contributed by atoms with van der Waals surface area (Å²) in [6.45, 7) is 6.98. The summed E-state index contributed by atoms with van der Waals surface area (Å²) in [5.74, 6) is -0.493. The van der Waals surface area contributed by atoms with Crippen molar-refractivity contribution in [2.45, 2.75) is 39.7 Å². The molecular weight excluding hydrogens is 375 g/mol. The first-order valence-electron chi connectivity index (χ1n) is 9.82. The van der Waals surface area contributed by atoms with Crippen LogP contribution in [0.2, 0.25) is 0 Å². The quantitative estimate of drug-likeness (QED) is 0.725. The molecule has 4 nitrogen and oxygen atoms in total. The molecule has 1 aliphatic heterocycles. The van der Waals surface area contributed by atoms with Gasteiger partial charge in [0.1, 0.15) is 5.82 Å². The van der Waals surface area contributed by atoms with Crippen molar-refractivity contribution in [3.8, 4) is 0 Å². The van der Waals surface area contributed by atoms with Crippen molar-refractivity contribution >= 4 is 23.2 Å². The van der Waals surface area contributed by atoms with Gasteiger partial charge in [0.05, 0.1) is 12.6 Å². The number of benzene rings is 1. The third-order valence-corrected chi connectivity index (χ3v) is 6.09. The van der Waals surface area contributed by atoms with Crippen LogP contribution in [0.15, 0.2) is 35.7 Å². The molecule has 0 spiro atoms. The third-order valence-electron chi connectivity index (χ3n) is 5.10. The van der Waals surface area contributed by atoms with E-state index in [1.165, 1.54) is 17.0 Å². The molecule has 0 saturated carbocycles. The standard InChI is InChI=1S/C22H27FN2O2S/c1-4-11-24(22(27)15(2)3)14-20(26)25-12-9-19-18(10-13-28-19)21(25)16-5-7-17(23)8-6-16/h5-8,10,13,15,21H,4,9,11-12,14H2,1-3H3/t21-/m0/s1. The van der Waals surface area contributed by atoms with E-state index < -0.39 is 0 Å². The Labute approximate surface area is 170 Å². The summed E-state index contributed by atoms with van der Waals surface area (Å²) in [7, 11) is 0. The van der Waals surface area contributed by atoms with Gasteiger partial charge in [0, 0.05) is 23.9 Å². The Morgan fingerprint density at radius 3 is 2.61 bits per heavy atom. The predicted molar refractivity (Wildman–Crippen MR) is 110 cm³/mol. The van der Waals surface area contributed by atoms with Crippen LogP contribution < -0.4 is 0 Å². The van der Waals surface area contributed by atoms with Crippen LogP contribution in [0.25, 0.3) is 0 Å².